The van der Waals surface area contributed by atoms with E-state index in [-0.39, 0.29) is 41.3 Å². The molecule has 4 aliphatic rings. The summed E-state index contributed by atoms with van der Waals surface area (Å²) >= 11 is 0. The molecule has 2 aliphatic carbocycles. The van der Waals surface area contributed by atoms with Gasteiger partial charge in [0.2, 0.25) is 0 Å². The van der Waals surface area contributed by atoms with Crippen LogP contribution >= 0.6 is 0 Å². The summed E-state index contributed by atoms with van der Waals surface area (Å²) in [5.74, 6) is -3.92. The SMILES string of the molecule is Cc1cc(NC(=O)c2ncc(-c3cn(C4CC4(F)F)nc3C(F)(F)F)n2C)ccc1C(=O)NC1[C@H]2CN(C(=O)N3CCNCC3)C[C@@H]12. The number of hydrogen-bond donors (Lipinski definition) is 3. The van der Waals surface area contributed by atoms with Gasteiger partial charge in [0.1, 0.15) is 6.04 Å². The average Bonchev–Trinajstić information content (AvgIpc) is 3.52. The van der Waals surface area contributed by atoms with Gasteiger partial charge >= 0.3 is 12.2 Å². The molecule has 1 aromatic carbocycles. The second-order valence-corrected chi connectivity index (χ2v) is 12.6. The molecule has 2 saturated carbocycles. The molecule has 4 fully saturated rings. The van der Waals surface area contributed by atoms with Crippen LogP contribution < -0.4 is 16.0 Å². The van der Waals surface area contributed by atoms with E-state index < -0.39 is 41.7 Å². The molecular weight excluding hydrogens is 629 g/mol. The van der Waals surface area contributed by atoms with Crippen LogP contribution in [0.1, 0.15) is 44.7 Å². The van der Waals surface area contributed by atoms with Crippen molar-refractivity contribution in [2.45, 2.75) is 37.5 Å². The third kappa shape index (κ3) is 5.70. The van der Waals surface area contributed by atoms with Crippen molar-refractivity contribution in [3.63, 3.8) is 0 Å². The first-order valence-electron chi connectivity index (χ1n) is 15.3. The molecule has 17 heteroatoms. The number of anilines is 1. The van der Waals surface area contributed by atoms with E-state index in [1.54, 1.807) is 19.1 Å². The Bertz CT molecular complexity index is 1750. The standard InChI is InChI=1S/C30H32F5N9O3/c1-15-9-16(3-4-17(15)26(45)39-23-18-12-43(13-19(18)23)28(47)42-7-5-36-6-8-42)38-27(46)25-37-11-21(41(25)2)20-14-44(22-10-29(22,31)32)40-24(20)30(33,34)35/h3-4,9,11,14,18-19,22-23,36H,5-8,10,12-13H2,1-2H3,(H,38,46)(H,39,45)/t18-,19+,22?,23?. The average molecular weight is 662 g/mol. The monoisotopic (exact) mass is 661 g/mol. The number of carbonyl (C=O) groups is 3. The van der Waals surface area contributed by atoms with Gasteiger partial charge in [-0.3, -0.25) is 14.3 Å². The van der Waals surface area contributed by atoms with Crippen molar-refractivity contribution < 1.29 is 36.3 Å². The van der Waals surface area contributed by atoms with Gasteiger partial charge in [0, 0.05) is 88.1 Å². The number of halogens is 5. The molecule has 4 amide bonds. The second-order valence-electron chi connectivity index (χ2n) is 12.6. The zero-order chi connectivity index (χ0) is 33.4. The zero-order valence-corrected chi connectivity index (χ0v) is 25.4. The number of aromatic nitrogens is 4. The first kappa shape index (κ1) is 31.1. The van der Waals surface area contributed by atoms with Crippen molar-refractivity contribution >= 4 is 23.5 Å². The molecule has 7 rings (SSSR count). The van der Waals surface area contributed by atoms with Crippen LogP contribution in [0.5, 0.6) is 0 Å². The van der Waals surface area contributed by atoms with E-state index in [2.05, 4.69) is 26.0 Å². The normalized spacial score (nSPS) is 24.6. The molecular formula is C30H32F5N9O3. The topological polar surface area (TPSA) is 129 Å². The highest BCUT2D eigenvalue weighted by molar-refractivity contribution is 6.03. The van der Waals surface area contributed by atoms with Crippen LogP contribution in [0.2, 0.25) is 0 Å². The van der Waals surface area contributed by atoms with Crippen LogP contribution in [0, 0.1) is 18.8 Å². The van der Waals surface area contributed by atoms with E-state index in [0.29, 0.717) is 47.7 Å². The Morgan fingerprint density at radius 3 is 2.34 bits per heavy atom. The minimum atomic E-state index is -4.92. The Morgan fingerprint density at radius 2 is 1.72 bits per heavy atom. The minimum absolute atomic E-state index is 0.0169. The van der Waals surface area contributed by atoms with E-state index in [4.69, 9.17) is 0 Å². The van der Waals surface area contributed by atoms with E-state index in [1.165, 1.54) is 13.1 Å². The number of amides is 4. The van der Waals surface area contributed by atoms with E-state index in [1.807, 2.05) is 9.80 Å². The second kappa shape index (κ2) is 11.0. The molecule has 2 aliphatic heterocycles. The maximum Gasteiger partial charge on any atom is 0.435 e. The summed E-state index contributed by atoms with van der Waals surface area (Å²) in [7, 11) is 1.34. The van der Waals surface area contributed by atoms with E-state index >= 15 is 0 Å². The van der Waals surface area contributed by atoms with Crippen molar-refractivity contribution in [3.8, 4) is 11.3 Å². The molecule has 0 bridgehead atoms. The molecule has 2 saturated heterocycles. The summed E-state index contributed by atoms with van der Waals surface area (Å²) < 4.78 is 70.2. The molecule has 2 unspecified atom stereocenters. The summed E-state index contributed by atoms with van der Waals surface area (Å²) in [5, 5.41) is 12.3. The number of hydrogen-bond acceptors (Lipinski definition) is 6. The minimum Gasteiger partial charge on any atom is -0.349 e. The molecule has 4 atom stereocenters. The van der Waals surface area contributed by atoms with Gasteiger partial charge in [-0.15, -0.1) is 0 Å². The number of aryl methyl sites for hydroxylation is 1. The number of rotatable bonds is 6. The summed E-state index contributed by atoms with van der Waals surface area (Å²) in [6, 6.07) is 3.26. The van der Waals surface area contributed by atoms with Gasteiger partial charge in [0.25, 0.3) is 17.7 Å². The largest absolute Gasteiger partial charge is 0.435 e. The molecule has 47 heavy (non-hydrogen) atoms. The Kier molecular flexibility index (Phi) is 7.29. The van der Waals surface area contributed by atoms with Crippen LogP contribution in [0.15, 0.2) is 30.6 Å². The third-order valence-corrected chi connectivity index (χ3v) is 9.46. The van der Waals surface area contributed by atoms with Crippen LogP contribution in [0.25, 0.3) is 11.3 Å². The molecule has 3 aromatic rings. The fourth-order valence-corrected chi connectivity index (χ4v) is 6.67. The van der Waals surface area contributed by atoms with Gasteiger partial charge in [-0.2, -0.15) is 18.3 Å². The number of piperidine rings is 1. The van der Waals surface area contributed by atoms with Crippen LogP contribution in [0.3, 0.4) is 0 Å². The lowest BCUT2D eigenvalue weighted by Gasteiger charge is -2.32. The number of piperazine rings is 1. The summed E-state index contributed by atoms with van der Waals surface area (Å²) in [4.78, 5) is 46.7. The van der Waals surface area contributed by atoms with Crippen molar-refractivity contribution in [3.05, 3.63) is 53.2 Å². The van der Waals surface area contributed by atoms with Gasteiger partial charge in [-0.25, -0.2) is 18.6 Å². The number of nitrogens with zero attached hydrogens (tertiary/aromatic N) is 6. The Labute approximate surface area is 265 Å². The Balaban J connectivity index is 0.981. The summed E-state index contributed by atoms with van der Waals surface area (Å²) in [6.45, 7) is 5.86. The number of benzene rings is 1. The van der Waals surface area contributed by atoms with Crippen molar-refractivity contribution in [1.82, 2.24) is 39.8 Å². The smallest absolute Gasteiger partial charge is 0.349 e. The number of likely N-dealkylation sites (tertiary alicyclic amines) is 1. The van der Waals surface area contributed by atoms with Gasteiger partial charge in [-0.1, -0.05) is 0 Å². The molecule has 0 radical (unpaired) electrons. The van der Waals surface area contributed by atoms with Crippen LogP contribution in [-0.4, -0.2) is 98.2 Å². The predicted octanol–water partition coefficient (Wildman–Crippen LogP) is 3.13. The maximum absolute atomic E-state index is 13.8. The molecule has 12 nitrogen and oxygen atoms in total. The summed E-state index contributed by atoms with van der Waals surface area (Å²) in [6.07, 6.45) is -3.57. The van der Waals surface area contributed by atoms with Crippen molar-refractivity contribution in [2.75, 3.05) is 44.6 Å². The number of fused-ring (bicyclic) bond motifs is 1. The fourth-order valence-electron chi connectivity index (χ4n) is 6.67. The quantitative estimate of drug-likeness (QED) is 0.349. The third-order valence-electron chi connectivity index (χ3n) is 9.46. The maximum atomic E-state index is 13.8. The lowest BCUT2D eigenvalue weighted by atomic mass is 10.1. The van der Waals surface area contributed by atoms with E-state index in [0.717, 1.165) is 30.1 Å². The van der Waals surface area contributed by atoms with Gasteiger partial charge < -0.3 is 30.3 Å². The number of alkyl halides is 5. The number of carbonyl (C=O) groups excluding carboxylic acids is 3. The Morgan fingerprint density at radius 1 is 1.04 bits per heavy atom. The summed E-state index contributed by atoms with van der Waals surface area (Å²) in [5.41, 5.74) is -0.615. The number of imidazole rings is 1. The molecule has 4 heterocycles. The van der Waals surface area contributed by atoms with Crippen molar-refractivity contribution in [2.24, 2.45) is 18.9 Å². The number of urea groups is 1. The van der Waals surface area contributed by atoms with Crippen LogP contribution in [-0.2, 0) is 13.2 Å². The fraction of sp³-hybridized carbons (Fsp3) is 0.500. The lowest BCUT2D eigenvalue weighted by molar-refractivity contribution is -0.141. The van der Waals surface area contributed by atoms with E-state index in [9.17, 15) is 36.3 Å². The zero-order valence-electron chi connectivity index (χ0n) is 25.4. The first-order valence-corrected chi connectivity index (χ1v) is 15.3. The van der Waals surface area contributed by atoms with Gasteiger partial charge in [-0.05, 0) is 30.7 Å². The molecule has 0 spiro atoms. The predicted molar refractivity (Wildman–Crippen MR) is 157 cm³/mol. The van der Waals surface area contributed by atoms with Crippen molar-refractivity contribution in [1.29, 1.82) is 0 Å². The molecule has 2 aromatic heterocycles. The lowest BCUT2D eigenvalue weighted by Crippen LogP contribution is -2.52. The highest BCUT2D eigenvalue weighted by Crippen LogP contribution is 2.53. The number of nitrogens with one attached hydrogen (secondary N) is 3. The molecule has 250 valence electrons. The Hall–Kier alpha value is -4.54. The van der Waals surface area contributed by atoms with Crippen LogP contribution in [0.4, 0.5) is 32.4 Å². The van der Waals surface area contributed by atoms with Gasteiger partial charge in [0.05, 0.1) is 17.5 Å². The highest BCUT2D eigenvalue weighted by Gasteiger charge is 2.60. The highest BCUT2D eigenvalue weighted by atomic mass is 19.4. The molecule has 3 N–H and O–H groups in total. The van der Waals surface area contributed by atoms with Gasteiger partial charge in [0.15, 0.2) is 11.5 Å². The first-order chi connectivity index (χ1) is 22.2.